The Morgan fingerprint density at radius 3 is 2.34 bits per heavy atom. The zero-order valence-corrected chi connectivity index (χ0v) is 21.7. The molecule has 3 heterocycles. The van der Waals surface area contributed by atoms with Gasteiger partial charge >= 0.3 is 0 Å². The maximum atomic E-state index is 13.6. The highest BCUT2D eigenvalue weighted by Gasteiger charge is 2.33. The molecule has 0 bridgehead atoms. The molecule has 5 aromatic rings. The lowest BCUT2D eigenvalue weighted by Gasteiger charge is -2.39. The minimum absolute atomic E-state index is 0.103. The summed E-state index contributed by atoms with van der Waals surface area (Å²) in [6.07, 6.45) is 0. The zero-order chi connectivity index (χ0) is 26.1. The van der Waals surface area contributed by atoms with Crippen LogP contribution in [-0.4, -0.2) is 56.3 Å². The summed E-state index contributed by atoms with van der Waals surface area (Å²) < 4.78 is 1.83. The van der Waals surface area contributed by atoms with E-state index in [4.69, 9.17) is 0 Å². The van der Waals surface area contributed by atoms with Crippen LogP contribution < -0.4 is 10.5 Å². The molecule has 192 valence electrons. The lowest BCUT2D eigenvalue weighted by molar-refractivity contribution is 0.200. The van der Waals surface area contributed by atoms with Gasteiger partial charge in [-0.1, -0.05) is 60.2 Å². The second-order valence-electron chi connectivity index (χ2n) is 10.0. The van der Waals surface area contributed by atoms with Crippen LogP contribution in [-0.2, 0) is 6.54 Å². The van der Waals surface area contributed by atoms with E-state index in [1.54, 1.807) is 0 Å². The summed E-state index contributed by atoms with van der Waals surface area (Å²) in [6, 6.07) is 26.5. The molecule has 6 rings (SSSR count). The van der Waals surface area contributed by atoms with E-state index < -0.39 is 0 Å². The summed E-state index contributed by atoms with van der Waals surface area (Å²) in [5.74, 6) is 0.677. The topological polar surface area (TPSA) is 82.9 Å². The van der Waals surface area contributed by atoms with Crippen molar-refractivity contribution in [1.29, 1.82) is 0 Å². The molecule has 0 spiro atoms. The van der Waals surface area contributed by atoms with Gasteiger partial charge in [-0.25, -0.2) is 4.68 Å². The molecule has 1 fully saturated rings. The maximum absolute atomic E-state index is 13.6. The zero-order valence-electron chi connectivity index (χ0n) is 21.7. The van der Waals surface area contributed by atoms with Gasteiger partial charge in [0.2, 0.25) is 0 Å². The Labute approximate surface area is 221 Å². The molecule has 1 aliphatic rings. The number of para-hydroxylation sites is 1. The molecule has 1 aliphatic heterocycles. The van der Waals surface area contributed by atoms with Crippen LogP contribution in [0.5, 0.6) is 0 Å². The lowest BCUT2D eigenvalue weighted by atomic mass is 10.00. The standard InChI is InChI=1S/C30H31N7O/c1-21-17-22(2)27-24(18-21)19-26(30(38)31-27)28(29-32-33-34-37(29)20-23-9-5-3-6-10-23)36-15-13-35(14-16-36)25-11-7-4-8-12-25/h3-12,17-19,28H,13-16,20H2,1-2H3,(H,31,38)/t28-/m0/s1. The molecule has 1 saturated heterocycles. The Balaban J connectivity index is 1.41. The van der Waals surface area contributed by atoms with E-state index in [1.165, 1.54) is 5.69 Å². The molecule has 3 aromatic carbocycles. The summed E-state index contributed by atoms with van der Waals surface area (Å²) >= 11 is 0. The van der Waals surface area contributed by atoms with Crippen LogP contribution in [0.2, 0.25) is 0 Å². The molecule has 1 atom stereocenters. The van der Waals surface area contributed by atoms with E-state index in [0.29, 0.717) is 17.9 Å². The maximum Gasteiger partial charge on any atom is 0.253 e. The van der Waals surface area contributed by atoms with Crippen LogP contribution in [0.25, 0.3) is 10.9 Å². The number of fused-ring (bicyclic) bond motifs is 1. The molecule has 0 unspecified atom stereocenters. The monoisotopic (exact) mass is 505 g/mol. The largest absolute Gasteiger partial charge is 0.369 e. The van der Waals surface area contributed by atoms with Crippen LogP contribution in [0.4, 0.5) is 5.69 Å². The van der Waals surface area contributed by atoms with Crippen molar-refractivity contribution in [2.75, 3.05) is 31.1 Å². The van der Waals surface area contributed by atoms with Gasteiger partial charge in [0, 0.05) is 37.4 Å². The smallest absolute Gasteiger partial charge is 0.253 e. The van der Waals surface area contributed by atoms with Gasteiger partial charge in [0.15, 0.2) is 5.82 Å². The van der Waals surface area contributed by atoms with E-state index in [2.05, 4.69) is 85.8 Å². The van der Waals surface area contributed by atoms with Crippen molar-refractivity contribution in [3.63, 3.8) is 0 Å². The molecule has 0 amide bonds. The third kappa shape index (κ3) is 4.70. The molecular formula is C30H31N7O. The highest BCUT2D eigenvalue weighted by molar-refractivity contribution is 5.83. The Hall–Kier alpha value is -4.30. The Morgan fingerprint density at radius 2 is 1.61 bits per heavy atom. The van der Waals surface area contributed by atoms with Crippen molar-refractivity contribution < 1.29 is 0 Å². The van der Waals surface area contributed by atoms with Gasteiger partial charge < -0.3 is 9.88 Å². The Bertz CT molecular complexity index is 1600. The average molecular weight is 506 g/mol. The van der Waals surface area contributed by atoms with Gasteiger partial charge in [0.05, 0.1) is 12.1 Å². The number of aryl methyl sites for hydroxylation is 2. The number of nitrogens with one attached hydrogen (secondary N) is 1. The summed E-state index contributed by atoms with van der Waals surface area (Å²) in [4.78, 5) is 21.5. The van der Waals surface area contributed by atoms with Crippen molar-refractivity contribution in [3.05, 3.63) is 117 Å². The predicted molar refractivity (Wildman–Crippen MR) is 149 cm³/mol. The fourth-order valence-corrected chi connectivity index (χ4v) is 5.56. The molecule has 8 heteroatoms. The summed E-state index contributed by atoms with van der Waals surface area (Å²) in [5.41, 5.74) is 5.98. The van der Waals surface area contributed by atoms with Crippen LogP contribution >= 0.6 is 0 Å². The molecule has 1 N–H and O–H groups in total. The highest BCUT2D eigenvalue weighted by Crippen LogP contribution is 2.30. The van der Waals surface area contributed by atoms with E-state index in [0.717, 1.165) is 53.8 Å². The van der Waals surface area contributed by atoms with Crippen LogP contribution in [0.15, 0.2) is 83.7 Å². The predicted octanol–water partition coefficient (Wildman–Crippen LogP) is 4.09. The van der Waals surface area contributed by atoms with Crippen molar-refractivity contribution in [1.82, 2.24) is 30.1 Å². The fourth-order valence-electron chi connectivity index (χ4n) is 5.56. The van der Waals surface area contributed by atoms with Gasteiger partial charge in [-0.15, -0.1) is 5.10 Å². The van der Waals surface area contributed by atoms with Crippen molar-refractivity contribution >= 4 is 16.6 Å². The molecule has 38 heavy (non-hydrogen) atoms. The van der Waals surface area contributed by atoms with Gasteiger partial charge in [0.25, 0.3) is 5.56 Å². The summed E-state index contributed by atoms with van der Waals surface area (Å²) in [7, 11) is 0. The lowest BCUT2D eigenvalue weighted by Crippen LogP contribution is -2.49. The van der Waals surface area contributed by atoms with Gasteiger partial charge in [-0.2, -0.15) is 0 Å². The summed E-state index contributed by atoms with van der Waals surface area (Å²) in [6.45, 7) is 7.91. The number of hydrogen-bond acceptors (Lipinski definition) is 6. The molecular weight excluding hydrogens is 474 g/mol. The van der Waals surface area contributed by atoms with Crippen molar-refractivity contribution in [3.8, 4) is 0 Å². The SMILES string of the molecule is Cc1cc(C)c2[nH]c(=O)c([C@@H](c3nnnn3Cc3ccccc3)N3CCN(c4ccccc4)CC3)cc2c1. The number of benzene rings is 3. The fraction of sp³-hybridized carbons (Fsp3) is 0.267. The highest BCUT2D eigenvalue weighted by atomic mass is 16.1. The first-order valence-electron chi connectivity index (χ1n) is 13.0. The van der Waals surface area contributed by atoms with Crippen LogP contribution in [0.1, 0.15) is 34.1 Å². The van der Waals surface area contributed by atoms with E-state index >= 15 is 0 Å². The van der Waals surface area contributed by atoms with Crippen molar-refractivity contribution in [2.24, 2.45) is 0 Å². The number of aromatic amines is 1. The van der Waals surface area contributed by atoms with Crippen LogP contribution in [0, 0.1) is 13.8 Å². The third-order valence-corrected chi connectivity index (χ3v) is 7.40. The molecule has 2 aromatic heterocycles. The normalized spacial score (nSPS) is 15.2. The van der Waals surface area contributed by atoms with Crippen molar-refractivity contribution in [2.45, 2.75) is 26.4 Å². The first-order valence-corrected chi connectivity index (χ1v) is 13.0. The number of pyridine rings is 1. The van der Waals surface area contributed by atoms with Gasteiger partial charge in [0.1, 0.15) is 6.04 Å². The number of nitrogens with zero attached hydrogens (tertiary/aromatic N) is 6. The number of hydrogen-bond donors (Lipinski definition) is 1. The quantitative estimate of drug-likeness (QED) is 0.374. The van der Waals surface area contributed by atoms with Gasteiger partial charge in [-0.05, 0) is 65.1 Å². The minimum atomic E-state index is -0.374. The number of piperazine rings is 1. The second-order valence-corrected chi connectivity index (χ2v) is 10.0. The first kappa shape index (κ1) is 24.1. The molecule has 0 aliphatic carbocycles. The molecule has 0 saturated carbocycles. The first-order chi connectivity index (χ1) is 18.6. The van der Waals surface area contributed by atoms with E-state index in [-0.39, 0.29) is 11.6 Å². The van der Waals surface area contributed by atoms with E-state index in [1.807, 2.05) is 41.9 Å². The minimum Gasteiger partial charge on any atom is -0.369 e. The second kappa shape index (κ2) is 10.2. The number of rotatable bonds is 6. The molecule has 8 nitrogen and oxygen atoms in total. The number of tetrazole rings is 1. The average Bonchev–Trinajstić information content (AvgIpc) is 3.38. The number of aromatic nitrogens is 5. The van der Waals surface area contributed by atoms with Gasteiger partial charge in [-0.3, -0.25) is 9.69 Å². The Morgan fingerprint density at radius 1 is 0.895 bits per heavy atom. The number of anilines is 1. The van der Waals surface area contributed by atoms with Crippen LogP contribution in [0.3, 0.4) is 0 Å². The Kier molecular flexibility index (Phi) is 6.47. The molecule has 0 radical (unpaired) electrons. The third-order valence-electron chi connectivity index (χ3n) is 7.40. The number of H-pyrrole nitrogens is 1. The summed E-state index contributed by atoms with van der Waals surface area (Å²) in [5, 5.41) is 13.9. The van der Waals surface area contributed by atoms with E-state index in [9.17, 15) is 4.79 Å².